The highest BCUT2D eigenvalue weighted by atomic mass is 16.5. The van der Waals surface area contributed by atoms with E-state index in [9.17, 15) is 4.79 Å². The van der Waals surface area contributed by atoms with E-state index in [4.69, 9.17) is 4.74 Å². The molecule has 1 amide bonds. The molecule has 1 aliphatic rings. The molecule has 3 rings (SSSR count). The lowest BCUT2D eigenvalue weighted by molar-refractivity contribution is -0.123. The maximum absolute atomic E-state index is 12.0. The molecule has 2 atom stereocenters. The molecule has 0 unspecified atom stereocenters. The van der Waals surface area contributed by atoms with Crippen LogP contribution in [0.2, 0.25) is 0 Å². The van der Waals surface area contributed by atoms with Crippen LogP contribution < -0.4 is 5.32 Å². The van der Waals surface area contributed by atoms with E-state index in [1.807, 2.05) is 37.3 Å². The highest BCUT2D eigenvalue weighted by molar-refractivity contribution is 5.75. The first-order valence-corrected chi connectivity index (χ1v) is 7.46. The van der Waals surface area contributed by atoms with Crippen molar-refractivity contribution in [1.29, 1.82) is 0 Å². The molecule has 1 N–H and O–H groups in total. The number of hydrogen-bond donors (Lipinski definition) is 1. The molecule has 0 aliphatic carbocycles. The summed E-state index contributed by atoms with van der Waals surface area (Å²) in [5.74, 6) is 0.376. The quantitative estimate of drug-likeness (QED) is 0.891. The lowest BCUT2D eigenvalue weighted by Crippen LogP contribution is -2.42. The van der Waals surface area contributed by atoms with E-state index in [1.54, 1.807) is 0 Å². The minimum absolute atomic E-state index is 0.00730. The highest BCUT2D eigenvalue weighted by Gasteiger charge is 2.23. The third kappa shape index (κ3) is 3.48. The zero-order chi connectivity index (χ0) is 15.4. The second-order valence-corrected chi connectivity index (χ2v) is 5.42. The Labute approximate surface area is 128 Å². The van der Waals surface area contributed by atoms with Gasteiger partial charge in [0.1, 0.15) is 6.54 Å². The number of nitrogens with one attached hydrogen (secondary N) is 1. The summed E-state index contributed by atoms with van der Waals surface area (Å²) in [6.45, 7) is 2.78. The van der Waals surface area contributed by atoms with E-state index in [1.165, 1.54) is 4.80 Å². The van der Waals surface area contributed by atoms with Gasteiger partial charge in [-0.3, -0.25) is 4.79 Å². The van der Waals surface area contributed by atoms with Gasteiger partial charge in [0, 0.05) is 12.2 Å². The Hall–Kier alpha value is -2.28. The lowest BCUT2D eigenvalue weighted by Gasteiger charge is -2.19. The summed E-state index contributed by atoms with van der Waals surface area (Å²) in [6.07, 6.45) is 2.14. The fourth-order valence-electron chi connectivity index (χ4n) is 2.53. The van der Waals surface area contributed by atoms with Crippen molar-refractivity contribution in [3.63, 3.8) is 0 Å². The van der Waals surface area contributed by atoms with Gasteiger partial charge >= 0.3 is 0 Å². The molecule has 1 aromatic heterocycles. The van der Waals surface area contributed by atoms with Crippen molar-refractivity contribution in [2.75, 3.05) is 6.61 Å². The van der Waals surface area contributed by atoms with Crippen molar-refractivity contribution in [3.05, 3.63) is 30.3 Å². The zero-order valence-electron chi connectivity index (χ0n) is 12.5. The van der Waals surface area contributed by atoms with E-state index >= 15 is 0 Å². The van der Waals surface area contributed by atoms with Gasteiger partial charge in [-0.05, 0) is 25.0 Å². The standard InChI is InChI=1S/C15H19N5O2/c1-11(13-8-5-9-22-13)16-14(21)10-20-18-15(17-19-20)12-6-3-2-4-7-12/h2-4,6-7,11,13H,5,8-10H2,1H3,(H,16,21)/t11-,13+/m1/s1. The van der Waals surface area contributed by atoms with Crippen molar-refractivity contribution in [2.45, 2.75) is 38.5 Å². The minimum Gasteiger partial charge on any atom is -0.376 e. The SMILES string of the molecule is C[C@@H](NC(=O)Cn1nnc(-c2ccccc2)n1)[C@@H]1CCCO1. The highest BCUT2D eigenvalue weighted by Crippen LogP contribution is 2.15. The van der Waals surface area contributed by atoms with E-state index in [0.29, 0.717) is 5.82 Å². The molecule has 7 nitrogen and oxygen atoms in total. The molecule has 2 aromatic rings. The topological polar surface area (TPSA) is 81.9 Å². The molecule has 22 heavy (non-hydrogen) atoms. The maximum Gasteiger partial charge on any atom is 0.243 e. The Morgan fingerprint density at radius 1 is 1.45 bits per heavy atom. The Bertz CT molecular complexity index is 622. The third-order valence-electron chi connectivity index (χ3n) is 3.68. The predicted molar refractivity (Wildman–Crippen MR) is 79.8 cm³/mol. The smallest absolute Gasteiger partial charge is 0.243 e. The molecular weight excluding hydrogens is 282 g/mol. The number of ether oxygens (including phenoxy) is 1. The van der Waals surface area contributed by atoms with E-state index in [0.717, 1.165) is 25.0 Å². The van der Waals surface area contributed by atoms with Crippen LogP contribution in [0.25, 0.3) is 11.4 Å². The van der Waals surface area contributed by atoms with Gasteiger partial charge in [0.15, 0.2) is 0 Å². The average molecular weight is 301 g/mol. The van der Waals surface area contributed by atoms with Gasteiger partial charge in [-0.2, -0.15) is 4.80 Å². The van der Waals surface area contributed by atoms with Crippen LogP contribution in [0.1, 0.15) is 19.8 Å². The van der Waals surface area contributed by atoms with Crippen molar-refractivity contribution in [2.24, 2.45) is 0 Å². The van der Waals surface area contributed by atoms with Crippen LogP contribution in [-0.4, -0.2) is 44.9 Å². The fourth-order valence-corrected chi connectivity index (χ4v) is 2.53. The summed E-state index contributed by atoms with van der Waals surface area (Å²) >= 11 is 0. The Balaban J connectivity index is 1.57. The van der Waals surface area contributed by atoms with Crippen LogP contribution in [0.15, 0.2) is 30.3 Å². The van der Waals surface area contributed by atoms with Crippen molar-refractivity contribution >= 4 is 5.91 Å². The average Bonchev–Trinajstić information content (AvgIpc) is 3.19. The molecule has 0 bridgehead atoms. The van der Waals surface area contributed by atoms with Gasteiger partial charge in [-0.1, -0.05) is 30.3 Å². The second-order valence-electron chi connectivity index (χ2n) is 5.42. The second kappa shape index (κ2) is 6.65. The van der Waals surface area contributed by atoms with Crippen molar-refractivity contribution in [3.8, 4) is 11.4 Å². The van der Waals surface area contributed by atoms with Gasteiger partial charge in [0.25, 0.3) is 0 Å². The monoisotopic (exact) mass is 301 g/mol. The fraction of sp³-hybridized carbons (Fsp3) is 0.467. The van der Waals surface area contributed by atoms with Crippen LogP contribution in [0.5, 0.6) is 0 Å². The molecule has 1 fully saturated rings. The van der Waals surface area contributed by atoms with Gasteiger partial charge in [0.2, 0.25) is 11.7 Å². The Morgan fingerprint density at radius 3 is 3.00 bits per heavy atom. The summed E-state index contributed by atoms with van der Waals surface area (Å²) in [5, 5.41) is 15.0. The minimum atomic E-state index is -0.139. The number of tetrazole rings is 1. The first-order valence-electron chi connectivity index (χ1n) is 7.46. The van der Waals surface area contributed by atoms with Crippen molar-refractivity contribution < 1.29 is 9.53 Å². The van der Waals surface area contributed by atoms with Gasteiger partial charge in [-0.25, -0.2) is 0 Å². The van der Waals surface area contributed by atoms with Crippen LogP contribution in [-0.2, 0) is 16.1 Å². The summed E-state index contributed by atoms with van der Waals surface area (Å²) in [6, 6.07) is 9.54. The number of nitrogens with zero attached hydrogens (tertiary/aromatic N) is 4. The number of hydrogen-bond acceptors (Lipinski definition) is 5. The Morgan fingerprint density at radius 2 is 2.27 bits per heavy atom. The summed E-state index contributed by atoms with van der Waals surface area (Å²) < 4.78 is 5.56. The summed E-state index contributed by atoms with van der Waals surface area (Å²) in [5.41, 5.74) is 0.877. The summed E-state index contributed by atoms with van der Waals surface area (Å²) in [7, 11) is 0. The van der Waals surface area contributed by atoms with Gasteiger partial charge in [-0.15, -0.1) is 10.2 Å². The van der Waals surface area contributed by atoms with E-state index < -0.39 is 0 Å². The van der Waals surface area contributed by atoms with E-state index in [2.05, 4.69) is 20.7 Å². The van der Waals surface area contributed by atoms with Crippen LogP contribution in [0.3, 0.4) is 0 Å². The molecule has 7 heteroatoms. The molecule has 1 aromatic carbocycles. The molecule has 0 radical (unpaired) electrons. The van der Waals surface area contributed by atoms with Crippen LogP contribution >= 0.6 is 0 Å². The molecule has 0 saturated carbocycles. The molecule has 0 spiro atoms. The molecule has 2 heterocycles. The van der Waals surface area contributed by atoms with Crippen LogP contribution in [0.4, 0.5) is 0 Å². The molecule has 1 aliphatic heterocycles. The third-order valence-corrected chi connectivity index (χ3v) is 3.68. The summed E-state index contributed by atoms with van der Waals surface area (Å²) in [4.78, 5) is 13.3. The van der Waals surface area contributed by atoms with E-state index in [-0.39, 0.29) is 24.6 Å². The van der Waals surface area contributed by atoms with Gasteiger partial charge < -0.3 is 10.1 Å². The maximum atomic E-state index is 12.0. The first-order chi connectivity index (χ1) is 10.7. The number of carbonyl (C=O) groups is 1. The zero-order valence-corrected chi connectivity index (χ0v) is 12.5. The molecular formula is C15H19N5O2. The number of amides is 1. The van der Waals surface area contributed by atoms with Crippen LogP contribution in [0, 0.1) is 0 Å². The normalized spacial score (nSPS) is 19.0. The van der Waals surface area contributed by atoms with Gasteiger partial charge in [0.05, 0.1) is 12.1 Å². The molecule has 116 valence electrons. The number of rotatable bonds is 5. The number of carbonyl (C=O) groups excluding carboxylic acids is 1. The largest absolute Gasteiger partial charge is 0.376 e. The first kappa shape index (κ1) is 14.6. The van der Waals surface area contributed by atoms with Crippen molar-refractivity contribution in [1.82, 2.24) is 25.5 Å². The number of benzene rings is 1. The Kier molecular flexibility index (Phi) is 4.43. The molecule has 1 saturated heterocycles. The number of aromatic nitrogens is 4. The lowest BCUT2D eigenvalue weighted by atomic mass is 10.1. The predicted octanol–water partition coefficient (Wildman–Crippen LogP) is 1.02.